The molecule has 358 valence electrons. The quantitative estimate of drug-likeness (QED) is 0.110. The van der Waals surface area contributed by atoms with E-state index in [-0.39, 0.29) is 60.3 Å². The highest BCUT2D eigenvalue weighted by molar-refractivity contribution is 5.90. The highest BCUT2D eigenvalue weighted by Gasteiger charge is 2.43. The molecule has 64 heavy (non-hydrogen) atoms. The summed E-state index contributed by atoms with van der Waals surface area (Å²) in [5.74, 6) is -1.91. The topological polar surface area (TPSA) is 172 Å². The van der Waals surface area contributed by atoms with Gasteiger partial charge in [-0.05, 0) is 74.8 Å². The molecule has 1 aliphatic heterocycles. The first-order valence-corrected chi connectivity index (χ1v) is 23.1. The van der Waals surface area contributed by atoms with Crippen LogP contribution in [0.4, 0.5) is 5.82 Å². The molecule has 1 saturated heterocycles. The van der Waals surface area contributed by atoms with Gasteiger partial charge in [-0.2, -0.15) is 0 Å². The number of likely N-dealkylation sites (N-methyl/N-ethyl adjacent to an activating group) is 2. The first-order chi connectivity index (χ1) is 30.3. The minimum absolute atomic E-state index is 0.0134. The van der Waals surface area contributed by atoms with Crippen molar-refractivity contribution in [3.8, 4) is 0 Å². The van der Waals surface area contributed by atoms with Crippen molar-refractivity contribution in [2.75, 3.05) is 47.3 Å². The van der Waals surface area contributed by atoms with Gasteiger partial charge in [0.05, 0.1) is 49.8 Å². The van der Waals surface area contributed by atoms with Crippen LogP contribution in [0.25, 0.3) is 0 Å². The van der Waals surface area contributed by atoms with E-state index < -0.39 is 54.3 Å². The summed E-state index contributed by atoms with van der Waals surface area (Å²) in [6, 6.07) is 10.4. The van der Waals surface area contributed by atoms with E-state index in [1.807, 2.05) is 96.0 Å². The number of hydrogen-bond donors (Lipinski definition) is 3. The van der Waals surface area contributed by atoms with Crippen molar-refractivity contribution in [1.82, 2.24) is 30.3 Å². The lowest BCUT2D eigenvalue weighted by Crippen LogP contribution is -2.60. The summed E-state index contributed by atoms with van der Waals surface area (Å²) in [6.07, 6.45) is 2.72. The largest absolute Gasteiger partial charge is 0.467 e. The van der Waals surface area contributed by atoms with Gasteiger partial charge in [0, 0.05) is 53.0 Å². The van der Waals surface area contributed by atoms with Crippen molar-refractivity contribution in [3.63, 3.8) is 0 Å². The normalized spacial score (nSPS) is 17.9. The lowest BCUT2D eigenvalue weighted by atomic mass is 9.89. The molecule has 1 aromatic carbocycles. The average Bonchev–Trinajstić information content (AvgIpc) is 3.74. The molecule has 2 heterocycles. The summed E-state index contributed by atoms with van der Waals surface area (Å²) in [5, 5.41) is 9.33. The van der Waals surface area contributed by atoms with Gasteiger partial charge in [-0.25, -0.2) is 9.78 Å². The van der Waals surface area contributed by atoms with Crippen molar-refractivity contribution in [1.29, 1.82) is 0 Å². The van der Waals surface area contributed by atoms with Crippen LogP contribution in [0.2, 0.25) is 0 Å². The summed E-state index contributed by atoms with van der Waals surface area (Å²) < 4.78 is 17.1. The molecule has 0 bridgehead atoms. The number of nitrogens with one attached hydrogen (secondary N) is 3. The van der Waals surface area contributed by atoms with E-state index in [9.17, 15) is 24.0 Å². The van der Waals surface area contributed by atoms with Crippen LogP contribution in [-0.2, 0) is 51.1 Å². The third-order valence-corrected chi connectivity index (χ3v) is 12.6. The van der Waals surface area contributed by atoms with E-state index in [0.717, 1.165) is 23.4 Å². The molecule has 0 unspecified atom stereocenters. The van der Waals surface area contributed by atoms with Crippen LogP contribution < -0.4 is 16.0 Å². The SMILES string of the molecule is CC[C@H](C)[C@@H]([C@@H](CC(=O)N1CCC[C@H]1[C@H](OC)[C@@H](C)C(=O)N[C@@H](Cc1ccccc1)C(=O)OC)OC)N(C)C(=O)[C@@H](NC(=O)[C@H](C(C)C)N(C)Cc1ccnc(NC(C)C)c1)C(C)C. The molecule has 0 spiro atoms. The molecule has 15 heteroatoms. The summed E-state index contributed by atoms with van der Waals surface area (Å²) in [6.45, 7) is 18.7. The van der Waals surface area contributed by atoms with Crippen LogP contribution in [0.5, 0.6) is 0 Å². The predicted octanol–water partition coefficient (Wildman–Crippen LogP) is 5.32. The lowest BCUT2D eigenvalue weighted by Gasteiger charge is -2.41. The number of nitrogens with zero attached hydrogens (tertiary/aromatic N) is 4. The molecular weight excluding hydrogens is 815 g/mol. The molecule has 0 saturated carbocycles. The molecule has 1 aromatic heterocycles. The maximum atomic E-state index is 14.6. The Morgan fingerprint density at radius 1 is 0.859 bits per heavy atom. The number of aromatic nitrogens is 1. The fourth-order valence-corrected chi connectivity index (χ4v) is 9.11. The molecule has 4 amide bonds. The fraction of sp³-hybridized carbons (Fsp3) is 0.673. The summed E-state index contributed by atoms with van der Waals surface area (Å²) >= 11 is 0. The van der Waals surface area contributed by atoms with E-state index in [0.29, 0.717) is 25.9 Å². The van der Waals surface area contributed by atoms with E-state index >= 15 is 0 Å². The standard InChI is InChI=1S/C49H79N7O8/c1-15-33(8)44(55(11)48(60)42(30(2)3)53-47(59)43(31(4)5)54(10)29-36-23-24-50-40(27-36)51-32(6)7)39(62-12)28-41(57)56-25-19-22-38(56)45(63-13)34(9)46(58)52-37(49(61)64-14)26-35-20-17-16-18-21-35/h16-18,20-21,23-24,27,30-34,37-39,42-45H,15,19,22,25-26,28-29H2,1-14H3,(H,50,51)(H,52,58)(H,53,59)/t33-,34+,37-,38-,39+,42-,43-,44-,45+/m0/s1. The highest BCUT2D eigenvalue weighted by atomic mass is 16.5. The van der Waals surface area contributed by atoms with Gasteiger partial charge in [-0.15, -0.1) is 0 Å². The van der Waals surface area contributed by atoms with Crippen molar-refractivity contribution in [2.45, 2.75) is 149 Å². The van der Waals surface area contributed by atoms with E-state index in [1.165, 1.54) is 14.2 Å². The first-order valence-electron chi connectivity index (χ1n) is 23.1. The Morgan fingerprint density at radius 3 is 2.09 bits per heavy atom. The summed E-state index contributed by atoms with van der Waals surface area (Å²) in [7, 11) is 8.02. The van der Waals surface area contributed by atoms with Gasteiger partial charge in [-0.3, -0.25) is 24.1 Å². The maximum absolute atomic E-state index is 14.6. The number of amides is 4. The van der Waals surface area contributed by atoms with Crippen LogP contribution in [0.15, 0.2) is 48.7 Å². The van der Waals surface area contributed by atoms with Crippen molar-refractivity contribution < 1.29 is 38.2 Å². The number of rotatable bonds is 25. The highest BCUT2D eigenvalue weighted by Crippen LogP contribution is 2.30. The van der Waals surface area contributed by atoms with Crippen LogP contribution in [-0.4, -0.2) is 140 Å². The van der Waals surface area contributed by atoms with Crippen LogP contribution >= 0.6 is 0 Å². The van der Waals surface area contributed by atoms with Crippen molar-refractivity contribution in [3.05, 3.63) is 59.8 Å². The Bertz CT molecular complexity index is 1790. The average molecular weight is 894 g/mol. The number of anilines is 1. The summed E-state index contributed by atoms with van der Waals surface area (Å²) in [5.41, 5.74) is 1.88. The minimum atomic E-state index is -0.902. The predicted molar refractivity (Wildman–Crippen MR) is 250 cm³/mol. The van der Waals surface area contributed by atoms with Gasteiger partial charge >= 0.3 is 5.97 Å². The number of carbonyl (C=O) groups is 5. The number of pyridine rings is 1. The fourth-order valence-electron chi connectivity index (χ4n) is 9.11. The third-order valence-electron chi connectivity index (χ3n) is 12.6. The molecule has 1 aliphatic rings. The smallest absolute Gasteiger partial charge is 0.328 e. The minimum Gasteiger partial charge on any atom is -0.467 e. The molecule has 3 N–H and O–H groups in total. The zero-order chi connectivity index (χ0) is 47.8. The van der Waals surface area contributed by atoms with Crippen molar-refractivity contribution in [2.24, 2.45) is 23.7 Å². The zero-order valence-electron chi connectivity index (χ0n) is 41.1. The Labute approximate surface area is 383 Å². The molecule has 3 rings (SSSR count). The number of carbonyl (C=O) groups excluding carboxylic acids is 5. The van der Waals surface area contributed by atoms with Crippen molar-refractivity contribution >= 4 is 35.4 Å². The second kappa shape index (κ2) is 25.8. The van der Waals surface area contributed by atoms with Gasteiger partial charge in [-0.1, -0.05) is 85.2 Å². The third kappa shape index (κ3) is 14.7. The number of esters is 1. The van der Waals surface area contributed by atoms with Crippen LogP contribution in [0, 0.1) is 23.7 Å². The van der Waals surface area contributed by atoms with Gasteiger partial charge in [0.2, 0.25) is 23.6 Å². The van der Waals surface area contributed by atoms with E-state index in [1.54, 1.807) is 37.1 Å². The van der Waals surface area contributed by atoms with E-state index in [2.05, 4.69) is 34.8 Å². The maximum Gasteiger partial charge on any atom is 0.328 e. The molecule has 2 aromatic rings. The number of ether oxygens (including phenoxy) is 3. The molecule has 15 nitrogen and oxygen atoms in total. The molecule has 1 fully saturated rings. The van der Waals surface area contributed by atoms with Gasteiger partial charge < -0.3 is 40.0 Å². The second-order valence-corrected chi connectivity index (χ2v) is 18.5. The lowest BCUT2D eigenvalue weighted by molar-refractivity contribution is -0.149. The van der Waals surface area contributed by atoms with Gasteiger partial charge in [0.1, 0.15) is 17.9 Å². The molecule has 9 atom stereocenters. The monoisotopic (exact) mass is 894 g/mol. The Hall–Kier alpha value is -4.60. The van der Waals surface area contributed by atoms with E-state index in [4.69, 9.17) is 14.2 Å². The number of likely N-dealkylation sites (tertiary alicyclic amines) is 1. The molecular formula is C49H79N7O8. The van der Waals surface area contributed by atoms with Gasteiger partial charge in [0.25, 0.3) is 0 Å². The molecule has 0 radical (unpaired) electrons. The Morgan fingerprint density at radius 2 is 1.53 bits per heavy atom. The first kappa shape index (κ1) is 53.7. The number of methoxy groups -OCH3 is 3. The second-order valence-electron chi connectivity index (χ2n) is 18.5. The van der Waals surface area contributed by atoms with Gasteiger partial charge in [0.15, 0.2) is 0 Å². The zero-order valence-corrected chi connectivity index (χ0v) is 41.1. The Balaban J connectivity index is 1.79. The number of hydrogen-bond acceptors (Lipinski definition) is 11. The number of benzene rings is 1. The van der Waals surface area contributed by atoms with Crippen LogP contribution in [0.3, 0.4) is 0 Å². The Kier molecular flexibility index (Phi) is 21.6. The summed E-state index contributed by atoms with van der Waals surface area (Å²) in [4.78, 5) is 79.6. The molecule has 0 aliphatic carbocycles. The van der Waals surface area contributed by atoms with Crippen LogP contribution in [0.1, 0.15) is 99.1 Å².